The minimum Gasteiger partial charge on any atom is -0.494 e. The number of rotatable bonds is 7. The van der Waals surface area contributed by atoms with Crippen LogP contribution in [-0.2, 0) is 16.6 Å². The number of aryl methyl sites for hydroxylation is 1. The standard InChI is InChI=1S/C34H31N3O4S/c1-5-40-24-18-16-23(17-19-24)31-29(33(39)41-6-2)30(22-12-8-7-9-13-22)35-34-37(31)32(38)28(42-34)20-26-21(3)36(4)27-15-11-10-14-25(26)27/h7-20,31H,5-6H2,1-4H3/t31-/m1/s1. The van der Waals surface area contributed by atoms with Gasteiger partial charge in [0.25, 0.3) is 5.56 Å². The molecular formula is C34H31N3O4S. The Kier molecular flexibility index (Phi) is 7.39. The van der Waals surface area contributed by atoms with Crippen LogP contribution < -0.4 is 19.6 Å². The van der Waals surface area contributed by atoms with Crippen LogP contribution in [0.5, 0.6) is 5.75 Å². The molecule has 3 heterocycles. The van der Waals surface area contributed by atoms with Gasteiger partial charge in [0.05, 0.1) is 35.1 Å². The highest BCUT2D eigenvalue weighted by Gasteiger charge is 2.35. The second kappa shape index (κ2) is 11.3. The molecule has 0 N–H and O–H groups in total. The third-order valence-corrected chi connectivity index (χ3v) is 8.59. The molecule has 8 heteroatoms. The first kappa shape index (κ1) is 27.5. The average molecular weight is 578 g/mol. The van der Waals surface area contributed by atoms with Crippen LogP contribution in [0.25, 0.3) is 22.7 Å². The van der Waals surface area contributed by atoms with Crippen LogP contribution in [0.2, 0.25) is 0 Å². The van der Waals surface area contributed by atoms with Crippen molar-refractivity contribution in [3.63, 3.8) is 0 Å². The molecule has 6 rings (SSSR count). The topological polar surface area (TPSA) is 74.8 Å². The van der Waals surface area contributed by atoms with Gasteiger partial charge in [-0.2, -0.15) is 0 Å². The maximum absolute atomic E-state index is 14.3. The summed E-state index contributed by atoms with van der Waals surface area (Å²) in [6.07, 6.45) is 1.95. The number of aromatic nitrogens is 2. The van der Waals surface area contributed by atoms with Crippen molar-refractivity contribution in [3.8, 4) is 5.75 Å². The van der Waals surface area contributed by atoms with Crippen molar-refractivity contribution in [2.45, 2.75) is 26.8 Å². The molecule has 0 saturated heterocycles. The summed E-state index contributed by atoms with van der Waals surface area (Å²) >= 11 is 1.33. The second-order valence-electron chi connectivity index (χ2n) is 10.0. The molecule has 3 aromatic carbocycles. The van der Waals surface area contributed by atoms with Crippen molar-refractivity contribution >= 4 is 40.0 Å². The van der Waals surface area contributed by atoms with Gasteiger partial charge in [-0.1, -0.05) is 72.0 Å². The number of hydrogen-bond acceptors (Lipinski definition) is 6. The maximum Gasteiger partial charge on any atom is 0.338 e. The van der Waals surface area contributed by atoms with E-state index in [0.29, 0.717) is 33.0 Å². The van der Waals surface area contributed by atoms with E-state index in [9.17, 15) is 9.59 Å². The Morgan fingerprint density at radius 2 is 1.69 bits per heavy atom. The lowest BCUT2D eigenvalue weighted by atomic mass is 9.93. The number of para-hydroxylation sites is 1. The molecule has 0 amide bonds. The van der Waals surface area contributed by atoms with Crippen molar-refractivity contribution in [1.82, 2.24) is 9.13 Å². The van der Waals surface area contributed by atoms with Gasteiger partial charge < -0.3 is 14.0 Å². The van der Waals surface area contributed by atoms with Gasteiger partial charge >= 0.3 is 5.97 Å². The molecule has 1 aliphatic rings. The van der Waals surface area contributed by atoms with Gasteiger partial charge in [-0.25, -0.2) is 9.79 Å². The summed E-state index contributed by atoms with van der Waals surface area (Å²) in [6.45, 7) is 6.49. The molecule has 0 radical (unpaired) electrons. The normalized spacial score (nSPS) is 15.0. The van der Waals surface area contributed by atoms with E-state index < -0.39 is 12.0 Å². The lowest BCUT2D eigenvalue weighted by molar-refractivity contribution is -0.138. The van der Waals surface area contributed by atoms with Crippen LogP contribution in [0, 0.1) is 6.92 Å². The fourth-order valence-corrected chi connectivity index (χ4v) is 6.51. The predicted octanol–water partition coefficient (Wildman–Crippen LogP) is 5.13. The van der Waals surface area contributed by atoms with Gasteiger partial charge in [-0.05, 0) is 50.6 Å². The Morgan fingerprint density at radius 3 is 2.40 bits per heavy atom. The van der Waals surface area contributed by atoms with E-state index in [1.807, 2.05) is 86.8 Å². The summed E-state index contributed by atoms with van der Waals surface area (Å²) in [6, 6.07) is 24.5. The Bertz CT molecular complexity index is 2020. The molecule has 0 fully saturated rings. The monoisotopic (exact) mass is 577 g/mol. The fraction of sp³-hybridized carbons (Fsp3) is 0.206. The Labute approximate surface area is 247 Å². The minimum absolute atomic E-state index is 0.200. The maximum atomic E-state index is 14.3. The molecule has 1 aliphatic heterocycles. The smallest absolute Gasteiger partial charge is 0.338 e. The van der Waals surface area contributed by atoms with Gasteiger partial charge in [0.1, 0.15) is 5.75 Å². The molecule has 42 heavy (non-hydrogen) atoms. The minimum atomic E-state index is -0.734. The Balaban J connectivity index is 1.65. The zero-order valence-corrected chi connectivity index (χ0v) is 24.8. The highest BCUT2D eigenvalue weighted by Crippen LogP contribution is 2.36. The number of carbonyl (C=O) groups excluding carboxylic acids is 1. The second-order valence-corrected chi connectivity index (χ2v) is 11.0. The van der Waals surface area contributed by atoms with Gasteiger partial charge in [0.2, 0.25) is 0 Å². The summed E-state index contributed by atoms with van der Waals surface area (Å²) in [5.74, 6) is 0.211. The molecule has 212 valence electrons. The molecule has 1 atom stereocenters. The highest BCUT2D eigenvalue weighted by atomic mass is 32.1. The predicted molar refractivity (Wildman–Crippen MR) is 166 cm³/mol. The van der Waals surface area contributed by atoms with E-state index in [2.05, 4.69) is 23.6 Å². The van der Waals surface area contributed by atoms with Crippen LogP contribution >= 0.6 is 11.3 Å². The zero-order chi connectivity index (χ0) is 29.4. The Hall–Kier alpha value is -4.69. The average Bonchev–Trinajstić information content (AvgIpc) is 3.45. The van der Waals surface area contributed by atoms with Crippen LogP contribution in [0.15, 0.2) is 94.2 Å². The number of carbonyl (C=O) groups is 1. The van der Waals surface area contributed by atoms with Crippen molar-refractivity contribution in [1.29, 1.82) is 0 Å². The molecule has 0 spiro atoms. The molecular weight excluding hydrogens is 546 g/mol. The van der Waals surface area contributed by atoms with E-state index in [1.165, 1.54) is 11.3 Å². The third-order valence-electron chi connectivity index (χ3n) is 7.60. The highest BCUT2D eigenvalue weighted by molar-refractivity contribution is 7.07. The molecule has 0 aliphatic carbocycles. The number of fused-ring (bicyclic) bond motifs is 2. The summed E-state index contributed by atoms with van der Waals surface area (Å²) in [4.78, 5) is 33.4. The first-order chi connectivity index (χ1) is 20.4. The van der Waals surface area contributed by atoms with Gasteiger partial charge in [0, 0.05) is 34.8 Å². The quantitative estimate of drug-likeness (QED) is 0.251. The largest absolute Gasteiger partial charge is 0.494 e. The van der Waals surface area contributed by atoms with E-state index in [1.54, 1.807) is 11.5 Å². The van der Waals surface area contributed by atoms with E-state index >= 15 is 0 Å². The SMILES string of the molecule is CCOC(=O)C1=C(c2ccccc2)N=c2sc(=Cc3c(C)n(C)c4ccccc34)c(=O)n2[C@@H]1c1ccc(OCC)cc1. The number of nitrogens with zero attached hydrogens (tertiary/aromatic N) is 3. The van der Waals surface area contributed by atoms with Crippen LogP contribution in [0.3, 0.4) is 0 Å². The van der Waals surface area contributed by atoms with E-state index in [0.717, 1.165) is 33.3 Å². The summed E-state index contributed by atoms with van der Waals surface area (Å²) < 4.78 is 15.5. The number of hydrogen-bond donors (Lipinski definition) is 0. The van der Waals surface area contributed by atoms with Crippen molar-refractivity contribution < 1.29 is 14.3 Å². The summed E-state index contributed by atoms with van der Waals surface area (Å²) in [5, 5.41) is 1.07. The van der Waals surface area contributed by atoms with Crippen molar-refractivity contribution in [2.24, 2.45) is 12.0 Å². The molecule has 0 saturated carbocycles. The Morgan fingerprint density at radius 1 is 0.976 bits per heavy atom. The van der Waals surface area contributed by atoms with Crippen LogP contribution in [0.1, 0.15) is 42.3 Å². The third kappa shape index (κ3) is 4.67. The van der Waals surface area contributed by atoms with E-state index in [4.69, 9.17) is 14.5 Å². The van der Waals surface area contributed by atoms with Crippen LogP contribution in [-0.4, -0.2) is 28.3 Å². The number of esters is 1. The molecule has 2 aromatic heterocycles. The number of benzene rings is 3. The van der Waals surface area contributed by atoms with Gasteiger partial charge in [0.15, 0.2) is 4.80 Å². The summed E-state index contributed by atoms with van der Waals surface area (Å²) in [7, 11) is 2.03. The first-order valence-corrected chi connectivity index (χ1v) is 14.8. The van der Waals surface area contributed by atoms with Gasteiger partial charge in [-0.3, -0.25) is 9.36 Å². The molecule has 0 bridgehead atoms. The van der Waals surface area contributed by atoms with Gasteiger partial charge in [-0.15, -0.1) is 0 Å². The fourth-order valence-electron chi connectivity index (χ4n) is 5.53. The van der Waals surface area contributed by atoms with Crippen LogP contribution in [0.4, 0.5) is 0 Å². The molecule has 0 unspecified atom stereocenters. The van der Waals surface area contributed by atoms with Crippen molar-refractivity contribution in [2.75, 3.05) is 13.2 Å². The molecule has 7 nitrogen and oxygen atoms in total. The number of thiazole rings is 1. The van der Waals surface area contributed by atoms with Crippen molar-refractivity contribution in [3.05, 3.63) is 127 Å². The number of ether oxygens (including phenoxy) is 2. The summed E-state index contributed by atoms with van der Waals surface area (Å²) in [5.41, 5.74) is 5.30. The molecule has 5 aromatic rings. The lowest BCUT2D eigenvalue weighted by Gasteiger charge is -2.26. The lowest BCUT2D eigenvalue weighted by Crippen LogP contribution is -2.40. The van der Waals surface area contributed by atoms with E-state index in [-0.39, 0.29) is 12.2 Å². The first-order valence-electron chi connectivity index (χ1n) is 14.0. The zero-order valence-electron chi connectivity index (χ0n) is 24.0.